The summed E-state index contributed by atoms with van der Waals surface area (Å²) in [6, 6.07) is 6.29. The van der Waals surface area contributed by atoms with Gasteiger partial charge in [0.15, 0.2) is 15.8 Å². The number of sulfone groups is 1. The van der Waals surface area contributed by atoms with E-state index in [1.165, 1.54) is 18.4 Å². The standard InChI is InChI=1S/C21H33N3O3S/c1-3-22-21(23-13-17-10-11-28(25,26)15-17)24-14-18-9-8-16(2)12-20(18)27-19-6-4-5-7-19/h8-9,12,17,19H,3-7,10-11,13-15H2,1-2H3,(H2,22,23,24). The van der Waals surface area contributed by atoms with Gasteiger partial charge in [-0.05, 0) is 63.5 Å². The highest BCUT2D eigenvalue weighted by Crippen LogP contribution is 2.28. The second-order valence-corrected chi connectivity index (χ2v) is 10.2. The molecule has 2 N–H and O–H groups in total. The average molecular weight is 408 g/mol. The van der Waals surface area contributed by atoms with Gasteiger partial charge in [-0.2, -0.15) is 0 Å². The largest absolute Gasteiger partial charge is 0.490 e. The molecular formula is C21H33N3O3S. The lowest BCUT2D eigenvalue weighted by molar-refractivity contribution is 0.208. The zero-order valence-electron chi connectivity index (χ0n) is 17.0. The molecule has 1 saturated heterocycles. The van der Waals surface area contributed by atoms with Crippen molar-refractivity contribution in [2.24, 2.45) is 10.9 Å². The molecule has 1 unspecified atom stereocenters. The minimum atomic E-state index is -2.85. The third-order valence-corrected chi connectivity index (χ3v) is 7.29. The lowest BCUT2D eigenvalue weighted by Gasteiger charge is -2.17. The topological polar surface area (TPSA) is 79.8 Å². The molecule has 1 aromatic rings. The lowest BCUT2D eigenvalue weighted by atomic mass is 10.1. The molecule has 1 aliphatic heterocycles. The fraction of sp³-hybridized carbons (Fsp3) is 0.667. The van der Waals surface area contributed by atoms with Crippen LogP contribution in [0.25, 0.3) is 0 Å². The van der Waals surface area contributed by atoms with Crippen LogP contribution in [0.2, 0.25) is 0 Å². The van der Waals surface area contributed by atoms with Crippen molar-refractivity contribution < 1.29 is 13.2 Å². The Kier molecular flexibility index (Phi) is 7.21. The second kappa shape index (κ2) is 9.63. The van der Waals surface area contributed by atoms with Gasteiger partial charge >= 0.3 is 0 Å². The molecule has 0 bridgehead atoms. The minimum Gasteiger partial charge on any atom is -0.490 e. The van der Waals surface area contributed by atoms with E-state index in [0.29, 0.717) is 24.9 Å². The first-order valence-electron chi connectivity index (χ1n) is 10.4. The van der Waals surface area contributed by atoms with Crippen molar-refractivity contribution in [2.75, 3.05) is 24.6 Å². The van der Waals surface area contributed by atoms with Gasteiger partial charge in [0.1, 0.15) is 5.75 Å². The van der Waals surface area contributed by atoms with Crippen LogP contribution in [0.3, 0.4) is 0 Å². The number of nitrogens with zero attached hydrogens (tertiary/aromatic N) is 1. The van der Waals surface area contributed by atoms with Crippen LogP contribution in [-0.2, 0) is 16.4 Å². The summed E-state index contributed by atoms with van der Waals surface area (Å²) in [5.41, 5.74) is 2.27. The molecule has 2 fully saturated rings. The van der Waals surface area contributed by atoms with Gasteiger partial charge in [0.2, 0.25) is 0 Å². The number of aryl methyl sites for hydroxylation is 1. The Balaban J connectivity index is 1.63. The predicted molar refractivity (Wildman–Crippen MR) is 114 cm³/mol. The normalized spacial score (nSPS) is 22.4. The van der Waals surface area contributed by atoms with Crippen molar-refractivity contribution in [1.82, 2.24) is 10.6 Å². The Labute approximate surface area is 169 Å². The maximum atomic E-state index is 11.6. The summed E-state index contributed by atoms with van der Waals surface area (Å²) >= 11 is 0. The molecule has 0 aromatic heterocycles. The summed E-state index contributed by atoms with van der Waals surface area (Å²) in [6.45, 7) is 6.02. The van der Waals surface area contributed by atoms with E-state index in [0.717, 1.165) is 43.1 Å². The molecule has 0 amide bonds. The Hall–Kier alpha value is -1.76. The van der Waals surface area contributed by atoms with Gasteiger partial charge < -0.3 is 15.4 Å². The number of nitrogens with one attached hydrogen (secondary N) is 2. The van der Waals surface area contributed by atoms with Crippen molar-refractivity contribution in [3.8, 4) is 5.75 Å². The zero-order valence-corrected chi connectivity index (χ0v) is 17.9. The molecule has 2 aliphatic rings. The predicted octanol–water partition coefficient (Wildman–Crippen LogP) is 2.81. The van der Waals surface area contributed by atoms with Crippen molar-refractivity contribution in [1.29, 1.82) is 0 Å². The van der Waals surface area contributed by atoms with E-state index in [9.17, 15) is 8.42 Å². The number of guanidine groups is 1. The Bertz CT molecular complexity index is 786. The first kappa shape index (κ1) is 21.0. The summed E-state index contributed by atoms with van der Waals surface area (Å²) in [6.07, 6.45) is 5.80. The fourth-order valence-corrected chi connectivity index (χ4v) is 5.73. The number of ether oxygens (including phenoxy) is 1. The maximum Gasteiger partial charge on any atom is 0.191 e. The van der Waals surface area contributed by atoms with Crippen molar-refractivity contribution in [3.05, 3.63) is 29.3 Å². The molecule has 0 spiro atoms. The minimum absolute atomic E-state index is 0.162. The van der Waals surface area contributed by atoms with Crippen LogP contribution < -0.4 is 15.4 Å². The zero-order chi connectivity index (χ0) is 20.0. The molecule has 1 atom stereocenters. The van der Waals surface area contributed by atoms with Crippen LogP contribution in [0.5, 0.6) is 5.75 Å². The van der Waals surface area contributed by atoms with Crippen molar-refractivity contribution in [2.45, 2.75) is 58.6 Å². The van der Waals surface area contributed by atoms with Gasteiger partial charge in [0.05, 0.1) is 24.2 Å². The lowest BCUT2D eigenvalue weighted by Crippen LogP contribution is -2.40. The number of benzene rings is 1. The van der Waals surface area contributed by atoms with E-state index in [4.69, 9.17) is 9.73 Å². The number of aliphatic imine (C=N–C) groups is 1. The molecule has 1 aliphatic carbocycles. The van der Waals surface area contributed by atoms with Crippen LogP contribution in [-0.4, -0.2) is 45.1 Å². The van der Waals surface area contributed by atoms with Crippen LogP contribution in [0, 0.1) is 12.8 Å². The Morgan fingerprint density at radius 2 is 2.00 bits per heavy atom. The summed E-state index contributed by atoms with van der Waals surface area (Å²) in [7, 11) is -2.85. The summed E-state index contributed by atoms with van der Waals surface area (Å²) in [5, 5.41) is 6.56. The van der Waals surface area contributed by atoms with Gasteiger partial charge in [-0.15, -0.1) is 0 Å². The Morgan fingerprint density at radius 3 is 2.68 bits per heavy atom. The van der Waals surface area contributed by atoms with E-state index in [1.807, 2.05) is 6.92 Å². The summed E-state index contributed by atoms with van der Waals surface area (Å²) in [5.74, 6) is 2.40. The molecular weight excluding hydrogens is 374 g/mol. The number of rotatable bonds is 7. The van der Waals surface area contributed by atoms with E-state index in [2.05, 4.69) is 35.8 Å². The molecule has 1 saturated carbocycles. The van der Waals surface area contributed by atoms with Crippen LogP contribution >= 0.6 is 0 Å². The number of hydrogen-bond donors (Lipinski definition) is 2. The number of hydrogen-bond acceptors (Lipinski definition) is 4. The first-order valence-corrected chi connectivity index (χ1v) is 12.3. The SMILES string of the molecule is CCNC(=NCc1ccc(C)cc1OC1CCCC1)NCC1CCS(=O)(=O)C1. The smallest absolute Gasteiger partial charge is 0.191 e. The van der Waals surface area contributed by atoms with E-state index in [-0.39, 0.29) is 11.7 Å². The fourth-order valence-electron chi connectivity index (χ4n) is 3.87. The third kappa shape index (κ3) is 6.12. The van der Waals surface area contributed by atoms with Crippen LogP contribution in [0.4, 0.5) is 0 Å². The van der Waals surface area contributed by atoms with E-state index >= 15 is 0 Å². The molecule has 1 heterocycles. The van der Waals surface area contributed by atoms with Crippen LogP contribution in [0.1, 0.15) is 50.2 Å². The van der Waals surface area contributed by atoms with Crippen molar-refractivity contribution in [3.63, 3.8) is 0 Å². The van der Waals surface area contributed by atoms with E-state index < -0.39 is 9.84 Å². The molecule has 0 radical (unpaired) electrons. The molecule has 3 rings (SSSR count). The summed E-state index contributed by atoms with van der Waals surface area (Å²) < 4.78 is 29.5. The highest BCUT2D eigenvalue weighted by atomic mass is 32.2. The van der Waals surface area contributed by atoms with Gasteiger partial charge in [-0.1, -0.05) is 12.1 Å². The monoisotopic (exact) mass is 407 g/mol. The summed E-state index contributed by atoms with van der Waals surface area (Å²) in [4.78, 5) is 4.71. The third-order valence-electron chi connectivity index (χ3n) is 5.46. The van der Waals surface area contributed by atoms with E-state index in [1.54, 1.807) is 0 Å². The van der Waals surface area contributed by atoms with Gasteiger partial charge in [-0.3, -0.25) is 0 Å². The Morgan fingerprint density at radius 1 is 1.21 bits per heavy atom. The molecule has 156 valence electrons. The molecule has 28 heavy (non-hydrogen) atoms. The van der Waals surface area contributed by atoms with Crippen LogP contribution in [0.15, 0.2) is 23.2 Å². The van der Waals surface area contributed by atoms with Crippen molar-refractivity contribution >= 4 is 15.8 Å². The van der Waals surface area contributed by atoms with Gasteiger partial charge in [0, 0.05) is 18.7 Å². The molecule has 6 nitrogen and oxygen atoms in total. The second-order valence-electron chi connectivity index (χ2n) is 7.98. The molecule has 7 heteroatoms. The maximum absolute atomic E-state index is 11.6. The highest BCUT2D eigenvalue weighted by Gasteiger charge is 2.27. The molecule has 1 aromatic carbocycles. The first-order chi connectivity index (χ1) is 13.4. The highest BCUT2D eigenvalue weighted by molar-refractivity contribution is 7.91. The quantitative estimate of drug-likeness (QED) is 0.537. The average Bonchev–Trinajstić information content (AvgIpc) is 3.28. The van der Waals surface area contributed by atoms with Gasteiger partial charge in [-0.25, -0.2) is 13.4 Å². The van der Waals surface area contributed by atoms with Gasteiger partial charge in [0.25, 0.3) is 0 Å².